The Labute approximate surface area is 90.6 Å². The molecule has 1 aliphatic rings. The zero-order valence-corrected chi connectivity index (χ0v) is 9.52. The lowest BCUT2D eigenvalue weighted by Crippen LogP contribution is -2.25. The molecule has 3 nitrogen and oxygen atoms in total. The highest BCUT2D eigenvalue weighted by atomic mass is 32.2. The van der Waals surface area contributed by atoms with Gasteiger partial charge in [0.1, 0.15) is 0 Å². The summed E-state index contributed by atoms with van der Waals surface area (Å²) >= 11 is 1.91. The van der Waals surface area contributed by atoms with Gasteiger partial charge in [-0.2, -0.15) is 11.8 Å². The van der Waals surface area contributed by atoms with E-state index < -0.39 is 0 Å². The number of rotatable bonds is 8. The maximum absolute atomic E-state index is 8.57. The van der Waals surface area contributed by atoms with Gasteiger partial charge in [-0.15, -0.1) is 0 Å². The fourth-order valence-corrected chi connectivity index (χ4v) is 2.29. The summed E-state index contributed by atoms with van der Waals surface area (Å²) in [4.78, 5) is 0. The maximum Gasteiger partial charge on any atom is 0.0507 e. The van der Waals surface area contributed by atoms with E-state index in [1.165, 1.54) is 6.42 Å². The van der Waals surface area contributed by atoms with E-state index in [9.17, 15) is 0 Å². The molecule has 0 aromatic carbocycles. The van der Waals surface area contributed by atoms with Crippen molar-refractivity contribution in [3.63, 3.8) is 0 Å². The van der Waals surface area contributed by atoms with Crippen molar-refractivity contribution in [2.24, 2.45) is 5.92 Å². The third-order valence-electron chi connectivity index (χ3n) is 2.33. The van der Waals surface area contributed by atoms with Crippen molar-refractivity contribution in [1.29, 1.82) is 0 Å². The zero-order chi connectivity index (χ0) is 10.1. The standard InChI is InChI=1S/C10H21NO2S/c12-4-1-6-14-7-3-11-8-10-2-5-13-9-10/h10-12H,1-9H2. The molecule has 0 aromatic heterocycles. The Balaban J connectivity index is 1.75. The third-order valence-corrected chi connectivity index (χ3v) is 3.40. The van der Waals surface area contributed by atoms with Crippen LogP contribution >= 0.6 is 11.8 Å². The molecule has 1 unspecified atom stereocenters. The van der Waals surface area contributed by atoms with Crippen LogP contribution in [0.15, 0.2) is 0 Å². The molecule has 1 aliphatic heterocycles. The molecular weight excluding hydrogens is 198 g/mol. The Kier molecular flexibility index (Phi) is 7.50. The van der Waals surface area contributed by atoms with Gasteiger partial charge in [0.15, 0.2) is 0 Å². The molecule has 0 bridgehead atoms. The highest BCUT2D eigenvalue weighted by Crippen LogP contribution is 2.10. The van der Waals surface area contributed by atoms with Gasteiger partial charge in [0, 0.05) is 32.1 Å². The smallest absolute Gasteiger partial charge is 0.0507 e. The van der Waals surface area contributed by atoms with E-state index >= 15 is 0 Å². The Bertz CT molecular complexity index is 129. The minimum atomic E-state index is 0.319. The molecule has 14 heavy (non-hydrogen) atoms. The van der Waals surface area contributed by atoms with Gasteiger partial charge in [0.25, 0.3) is 0 Å². The number of hydrogen-bond donors (Lipinski definition) is 2. The summed E-state index contributed by atoms with van der Waals surface area (Å²) in [5, 5.41) is 12.0. The molecule has 0 radical (unpaired) electrons. The number of nitrogens with one attached hydrogen (secondary N) is 1. The van der Waals surface area contributed by atoms with E-state index in [1.807, 2.05) is 11.8 Å². The minimum Gasteiger partial charge on any atom is -0.396 e. The van der Waals surface area contributed by atoms with Crippen LogP contribution in [0.4, 0.5) is 0 Å². The first kappa shape index (κ1) is 12.3. The first-order valence-corrected chi connectivity index (χ1v) is 6.56. The van der Waals surface area contributed by atoms with Gasteiger partial charge in [-0.25, -0.2) is 0 Å². The van der Waals surface area contributed by atoms with Crippen LogP contribution in [0.25, 0.3) is 0 Å². The predicted octanol–water partition coefficient (Wildman–Crippen LogP) is 0.728. The quantitative estimate of drug-likeness (QED) is 0.591. The average molecular weight is 219 g/mol. The van der Waals surface area contributed by atoms with Crippen LogP contribution in [0.3, 0.4) is 0 Å². The number of aliphatic hydroxyl groups excluding tert-OH is 1. The maximum atomic E-state index is 8.57. The fraction of sp³-hybridized carbons (Fsp3) is 1.00. The minimum absolute atomic E-state index is 0.319. The normalized spacial score (nSPS) is 21.6. The topological polar surface area (TPSA) is 41.5 Å². The lowest BCUT2D eigenvalue weighted by Gasteiger charge is -2.08. The van der Waals surface area contributed by atoms with E-state index in [0.29, 0.717) is 6.61 Å². The van der Waals surface area contributed by atoms with E-state index in [2.05, 4.69) is 5.32 Å². The molecule has 1 saturated heterocycles. The molecule has 0 aromatic rings. The van der Waals surface area contributed by atoms with Gasteiger partial charge < -0.3 is 15.2 Å². The van der Waals surface area contributed by atoms with Gasteiger partial charge in [-0.1, -0.05) is 0 Å². The summed E-state index contributed by atoms with van der Waals surface area (Å²) in [6, 6.07) is 0. The number of thioether (sulfide) groups is 1. The Morgan fingerprint density at radius 3 is 3.07 bits per heavy atom. The molecule has 1 heterocycles. The van der Waals surface area contributed by atoms with E-state index in [0.717, 1.165) is 50.1 Å². The summed E-state index contributed by atoms with van der Waals surface area (Å²) in [5.41, 5.74) is 0. The second-order valence-electron chi connectivity index (χ2n) is 3.62. The summed E-state index contributed by atoms with van der Waals surface area (Å²) in [6.45, 7) is 4.37. The van der Waals surface area contributed by atoms with Crippen LogP contribution in [-0.2, 0) is 4.74 Å². The lowest BCUT2D eigenvalue weighted by atomic mass is 10.1. The molecular formula is C10H21NO2S. The summed E-state index contributed by atoms with van der Waals surface area (Å²) in [7, 11) is 0. The van der Waals surface area contributed by atoms with Crippen molar-refractivity contribution in [3.05, 3.63) is 0 Å². The Morgan fingerprint density at radius 2 is 2.36 bits per heavy atom. The van der Waals surface area contributed by atoms with Gasteiger partial charge >= 0.3 is 0 Å². The summed E-state index contributed by atoms with van der Waals surface area (Å²) in [5.74, 6) is 2.95. The molecule has 0 aliphatic carbocycles. The van der Waals surface area contributed by atoms with Crippen LogP contribution in [0.2, 0.25) is 0 Å². The molecule has 0 spiro atoms. The first-order valence-electron chi connectivity index (χ1n) is 5.40. The van der Waals surface area contributed by atoms with Crippen molar-refractivity contribution in [3.8, 4) is 0 Å². The second kappa shape index (κ2) is 8.53. The van der Waals surface area contributed by atoms with E-state index in [-0.39, 0.29) is 0 Å². The van der Waals surface area contributed by atoms with Gasteiger partial charge in [-0.05, 0) is 24.5 Å². The fourth-order valence-electron chi connectivity index (χ4n) is 1.46. The Hall–Kier alpha value is 0.230. The van der Waals surface area contributed by atoms with Gasteiger partial charge in [-0.3, -0.25) is 0 Å². The molecule has 0 saturated carbocycles. The molecule has 4 heteroatoms. The van der Waals surface area contributed by atoms with Crippen LogP contribution in [-0.4, -0.2) is 49.5 Å². The van der Waals surface area contributed by atoms with Crippen LogP contribution < -0.4 is 5.32 Å². The van der Waals surface area contributed by atoms with Crippen molar-refractivity contribution in [1.82, 2.24) is 5.32 Å². The number of hydrogen-bond acceptors (Lipinski definition) is 4. The number of aliphatic hydroxyl groups is 1. The van der Waals surface area contributed by atoms with Crippen molar-refractivity contribution < 1.29 is 9.84 Å². The average Bonchev–Trinajstić information content (AvgIpc) is 2.69. The highest BCUT2D eigenvalue weighted by molar-refractivity contribution is 7.99. The summed E-state index contributed by atoms with van der Waals surface area (Å²) in [6.07, 6.45) is 2.13. The highest BCUT2D eigenvalue weighted by Gasteiger charge is 2.14. The van der Waals surface area contributed by atoms with E-state index in [4.69, 9.17) is 9.84 Å². The predicted molar refractivity (Wildman–Crippen MR) is 60.8 cm³/mol. The zero-order valence-electron chi connectivity index (χ0n) is 8.71. The molecule has 1 atom stereocenters. The largest absolute Gasteiger partial charge is 0.396 e. The first-order chi connectivity index (χ1) is 6.93. The molecule has 84 valence electrons. The van der Waals surface area contributed by atoms with Crippen LogP contribution in [0.1, 0.15) is 12.8 Å². The molecule has 1 rings (SSSR count). The SMILES string of the molecule is OCCCSCCNCC1CCOC1. The monoisotopic (exact) mass is 219 g/mol. The lowest BCUT2D eigenvalue weighted by molar-refractivity contribution is 0.185. The molecule has 2 N–H and O–H groups in total. The van der Waals surface area contributed by atoms with Gasteiger partial charge in [0.05, 0.1) is 6.61 Å². The third kappa shape index (κ3) is 5.86. The molecule has 1 fully saturated rings. The van der Waals surface area contributed by atoms with Gasteiger partial charge in [0.2, 0.25) is 0 Å². The van der Waals surface area contributed by atoms with Crippen LogP contribution in [0.5, 0.6) is 0 Å². The van der Waals surface area contributed by atoms with Crippen molar-refractivity contribution in [2.45, 2.75) is 12.8 Å². The number of ether oxygens (including phenoxy) is 1. The second-order valence-corrected chi connectivity index (χ2v) is 4.85. The molecule has 0 amide bonds. The van der Waals surface area contributed by atoms with Crippen molar-refractivity contribution in [2.75, 3.05) is 44.4 Å². The van der Waals surface area contributed by atoms with Crippen LogP contribution in [0, 0.1) is 5.92 Å². The van der Waals surface area contributed by atoms with E-state index in [1.54, 1.807) is 0 Å². The van der Waals surface area contributed by atoms with Crippen molar-refractivity contribution >= 4 is 11.8 Å². The summed E-state index contributed by atoms with van der Waals surface area (Å²) < 4.78 is 5.29. The Morgan fingerprint density at radius 1 is 1.43 bits per heavy atom.